The van der Waals surface area contributed by atoms with Crippen molar-refractivity contribution in [3.63, 3.8) is 0 Å². The molecule has 1 fully saturated rings. The molecule has 0 radical (unpaired) electrons. The molecular formula is C11H16N2O3. The molecule has 5 heteroatoms. The summed E-state index contributed by atoms with van der Waals surface area (Å²) in [5.74, 6) is 1.21. The fraction of sp³-hybridized carbons (Fsp3) is 0.545. The molecular weight excluding hydrogens is 208 g/mol. The zero-order valence-electron chi connectivity index (χ0n) is 9.43. The molecule has 3 N–H and O–H groups in total. The third-order valence-electron chi connectivity index (χ3n) is 3.01. The second kappa shape index (κ2) is 3.92. The number of methoxy groups -OCH3 is 2. The van der Waals surface area contributed by atoms with Crippen molar-refractivity contribution < 1.29 is 14.6 Å². The predicted octanol–water partition coefficient (Wildman–Crippen LogP) is 0.407. The van der Waals surface area contributed by atoms with E-state index >= 15 is 0 Å². The van der Waals surface area contributed by atoms with Crippen LogP contribution in [0.1, 0.15) is 18.4 Å². The monoisotopic (exact) mass is 224 g/mol. The molecule has 0 unspecified atom stereocenters. The van der Waals surface area contributed by atoms with Crippen molar-refractivity contribution in [2.45, 2.75) is 24.5 Å². The number of hydrogen-bond donors (Lipinski definition) is 2. The highest BCUT2D eigenvalue weighted by molar-refractivity contribution is 5.48. The van der Waals surface area contributed by atoms with E-state index in [2.05, 4.69) is 4.98 Å². The minimum atomic E-state index is -0.570. The van der Waals surface area contributed by atoms with Crippen LogP contribution in [0.5, 0.6) is 11.5 Å². The molecule has 0 bridgehead atoms. The van der Waals surface area contributed by atoms with Gasteiger partial charge in [0.1, 0.15) is 11.5 Å². The Morgan fingerprint density at radius 2 is 1.81 bits per heavy atom. The summed E-state index contributed by atoms with van der Waals surface area (Å²) in [6, 6.07) is 0. The maximum absolute atomic E-state index is 9.39. The fourth-order valence-electron chi connectivity index (χ4n) is 2.21. The predicted molar refractivity (Wildman–Crippen MR) is 58.4 cm³/mol. The Morgan fingerprint density at radius 3 is 2.19 bits per heavy atom. The second-order valence-corrected chi connectivity index (χ2v) is 4.14. The van der Waals surface area contributed by atoms with Crippen LogP contribution in [-0.4, -0.2) is 30.4 Å². The first-order valence-electron chi connectivity index (χ1n) is 5.14. The highest BCUT2D eigenvalue weighted by Crippen LogP contribution is 2.46. The minimum absolute atomic E-state index is 0.340. The molecule has 0 aromatic carbocycles. The molecule has 1 aromatic rings. The number of ether oxygens (including phenoxy) is 2. The van der Waals surface area contributed by atoms with Crippen molar-refractivity contribution in [2.75, 3.05) is 14.2 Å². The summed E-state index contributed by atoms with van der Waals surface area (Å²) in [7, 11) is 3.14. The van der Waals surface area contributed by atoms with E-state index in [0.717, 1.165) is 5.56 Å². The van der Waals surface area contributed by atoms with Crippen molar-refractivity contribution in [1.82, 2.24) is 4.98 Å². The summed E-state index contributed by atoms with van der Waals surface area (Å²) < 4.78 is 10.5. The zero-order valence-corrected chi connectivity index (χ0v) is 9.43. The van der Waals surface area contributed by atoms with Gasteiger partial charge in [0.25, 0.3) is 0 Å². The van der Waals surface area contributed by atoms with E-state index in [9.17, 15) is 5.11 Å². The summed E-state index contributed by atoms with van der Waals surface area (Å²) in [6.07, 6.45) is 3.91. The van der Waals surface area contributed by atoms with E-state index in [4.69, 9.17) is 15.2 Å². The lowest BCUT2D eigenvalue weighted by atomic mass is 9.70. The number of nitrogens with zero attached hydrogens (tertiary/aromatic N) is 1. The van der Waals surface area contributed by atoms with Crippen LogP contribution in [0.2, 0.25) is 0 Å². The first kappa shape index (κ1) is 11.2. The van der Waals surface area contributed by atoms with Gasteiger partial charge in [-0.25, -0.2) is 0 Å². The SMILES string of the molecule is COc1cncc(OC)c1C1(N)CC(O)C1. The summed E-state index contributed by atoms with van der Waals surface area (Å²) in [4.78, 5) is 4.01. The molecule has 1 aliphatic carbocycles. The minimum Gasteiger partial charge on any atom is -0.495 e. The highest BCUT2D eigenvalue weighted by atomic mass is 16.5. The van der Waals surface area contributed by atoms with Crippen molar-refractivity contribution in [3.8, 4) is 11.5 Å². The van der Waals surface area contributed by atoms with Gasteiger partial charge in [0, 0.05) is 0 Å². The molecule has 0 atom stereocenters. The van der Waals surface area contributed by atoms with E-state index in [-0.39, 0.29) is 6.10 Å². The molecule has 1 heterocycles. The Morgan fingerprint density at radius 1 is 1.31 bits per heavy atom. The number of aliphatic hydroxyl groups is 1. The number of pyridine rings is 1. The van der Waals surface area contributed by atoms with E-state index in [1.165, 1.54) is 0 Å². The first-order chi connectivity index (χ1) is 7.60. The van der Waals surface area contributed by atoms with Gasteiger partial charge in [-0.3, -0.25) is 4.98 Å². The molecule has 0 amide bonds. The van der Waals surface area contributed by atoms with Crippen LogP contribution in [0, 0.1) is 0 Å². The summed E-state index contributed by atoms with van der Waals surface area (Å²) >= 11 is 0. The van der Waals surface area contributed by atoms with Crippen LogP contribution in [0.3, 0.4) is 0 Å². The molecule has 5 nitrogen and oxygen atoms in total. The number of rotatable bonds is 3. The average molecular weight is 224 g/mol. The quantitative estimate of drug-likeness (QED) is 0.777. The number of aromatic nitrogens is 1. The van der Waals surface area contributed by atoms with E-state index < -0.39 is 5.54 Å². The van der Waals surface area contributed by atoms with Gasteiger partial charge in [-0.2, -0.15) is 0 Å². The average Bonchev–Trinajstić information content (AvgIpc) is 2.25. The van der Waals surface area contributed by atoms with Crippen molar-refractivity contribution in [3.05, 3.63) is 18.0 Å². The van der Waals surface area contributed by atoms with Crippen LogP contribution in [0.25, 0.3) is 0 Å². The fourth-order valence-corrected chi connectivity index (χ4v) is 2.21. The van der Waals surface area contributed by atoms with Gasteiger partial charge < -0.3 is 20.3 Å². The van der Waals surface area contributed by atoms with Gasteiger partial charge in [-0.1, -0.05) is 0 Å². The van der Waals surface area contributed by atoms with Crippen LogP contribution in [0.15, 0.2) is 12.4 Å². The maximum atomic E-state index is 9.39. The highest BCUT2D eigenvalue weighted by Gasteiger charge is 2.45. The van der Waals surface area contributed by atoms with Gasteiger partial charge >= 0.3 is 0 Å². The molecule has 1 aromatic heterocycles. The summed E-state index contributed by atoms with van der Waals surface area (Å²) in [5.41, 5.74) is 6.44. The Bertz CT molecular complexity index is 367. The lowest BCUT2D eigenvalue weighted by molar-refractivity contribution is 0.0186. The second-order valence-electron chi connectivity index (χ2n) is 4.14. The van der Waals surface area contributed by atoms with E-state index in [0.29, 0.717) is 24.3 Å². The van der Waals surface area contributed by atoms with Crippen LogP contribution in [0.4, 0.5) is 0 Å². The molecule has 88 valence electrons. The molecule has 0 saturated heterocycles. The van der Waals surface area contributed by atoms with Crippen molar-refractivity contribution >= 4 is 0 Å². The molecule has 2 rings (SSSR count). The summed E-state index contributed by atoms with van der Waals surface area (Å²) in [6.45, 7) is 0. The number of aliphatic hydroxyl groups excluding tert-OH is 1. The Hall–Kier alpha value is -1.33. The van der Waals surface area contributed by atoms with E-state index in [1.807, 2.05) is 0 Å². The largest absolute Gasteiger partial charge is 0.495 e. The third kappa shape index (κ3) is 1.62. The zero-order chi connectivity index (χ0) is 11.8. The molecule has 16 heavy (non-hydrogen) atoms. The number of nitrogens with two attached hydrogens (primary N) is 1. The standard InChI is InChI=1S/C11H16N2O3/c1-15-8-5-13-6-9(16-2)10(8)11(12)3-7(14)4-11/h5-7,14H,3-4,12H2,1-2H3. The molecule has 0 aliphatic heterocycles. The molecule has 1 saturated carbocycles. The van der Waals surface area contributed by atoms with Gasteiger partial charge in [-0.05, 0) is 12.8 Å². The van der Waals surface area contributed by atoms with Gasteiger partial charge in [0.15, 0.2) is 0 Å². The van der Waals surface area contributed by atoms with Crippen LogP contribution in [-0.2, 0) is 5.54 Å². The van der Waals surface area contributed by atoms with E-state index in [1.54, 1.807) is 26.6 Å². The van der Waals surface area contributed by atoms with Crippen LogP contribution < -0.4 is 15.2 Å². The van der Waals surface area contributed by atoms with Gasteiger partial charge in [0.05, 0.1) is 43.8 Å². The molecule has 0 spiro atoms. The topological polar surface area (TPSA) is 77.6 Å². The lowest BCUT2D eigenvalue weighted by Crippen LogP contribution is -2.52. The smallest absolute Gasteiger partial charge is 0.145 e. The van der Waals surface area contributed by atoms with Crippen molar-refractivity contribution in [2.24, 2.45) is 5.73 Å². The number of hydrogen-bond acceptors (Lipinski definition) is 5. The van der Waals surface area contributed by atoms with Gasteiger partial charge in [0.2, 0.25) is 0 Å². The van der Waals surface area contributed by atoms with Crippen LogP contribution >= 0.6 is 0 Å². The maximum Gasteiger partial charge on any atom is 0.145 e. The first-order valence-corrected chi connectivity index (χ1v) is 5.14. The third-order valence-corrected chi connectivity index (χ3v) is 3.01. The normalized spacial score (nSPS) is 28.4. The Balaban J connectivity index is 2.45. The van der Waals surface area contributed by atoms with Crippen molar-refractivity contribution in [1.29, 1.82) is 0 Å². The Kier molecular flexibility index (Phi) is 2.73. The molecule has 1 aliphatic rings. The Labute approximate surface area is 94.2 Å². The summed E-state index contributed by atoms with van der Waals surface area (Å²) in [5, 5.41) is 9.39. The van der Waals surface area contributed by atoms with Gasteiger partial charge in [-0.15, -0.1) is 0 Å². The lowest BCUT2D eigenvalue weighted by Gasteiger charge is -2.43.